The van der Waals surface area contributed by atoms with Crippen molar-refractivity contribution in [3.05, 3.63) is 16.0 Å². The van der Waals surface area contributed by atoms with E-state index in [2.05, 4.69) is 5.32 Å². The smallest absolute Gasteiger partial charge is 0.252 e. The molecule has 0 bridgehead atoms. The SMILES string of the molecule is Cc1cc(S(=O)(=O)N2CCC3CNCC3C2)sc1Cl.Cl. The molecule has 0 saturated carbocycles. The Morgan fingerprint density at radius 3 is 2.75 bits per heavy atom. The highest BCUT2D eigenvalue weighted by molar-refractivity contribution is 7.91. The molecule has 0 amide bonds. The van der Waals surface area contributed by atoms with E-state index in [1.807, 2.05) is 6.92 Å². The number of piperidine rings is 1. The lowest BCUT2D eigenvalue weighted by atomic mass is 9.90. The second-order valence-corrected chi connectivity index (χ2v) is 9.17. The van der Waals surface area contributed by atoms with Crippen molar-refractivity contribution in [3.63, 3.8) is 0 Å². The predicted octanol–water partition coefficient (Wildman–Crippen LogP) is 2.36. The lowest BCUT2D eigenvalue weighted by molar-refractivity contribution is 0.228. The summed E-state index contributed by atoms with van der Waals surface area (Å²) in [6, 6.07) is 1.68. The fourth-order valence-electron chi connectivity index (χ4n) is 2.91. The highest BCUT2D eigenvalue weighted by atomic mass is 35.5. The van der Waals surface area contributed by atoms with Gasteiger partial charge in [-0.05, 0) is 49.9 Å². The molecule has 2 unspecified atom stereocenters. The van der Waals surface area contributed by atoms with Crippen molar-refractivity contribution in [1.82, 2.24) is 9.62 Å². The van der Waals surface area contributed by atoms with Gasteiger partial charge < -0.3 is 5.32 Å². The fourth-order valence-corrected chi connectivity index (χ4v) is 6.28. The summed E-state index contributed by atoms with van der Waals surface area (Å²) in [5.41, 5.74) is 0.836. The Morgan fingerprint density at radius 1 is 1.40 bits per heavy atom. The van der Waals surface area contributed by atoms with Gasteiger partial charge in [-0.3, -0.25) is 0 Å². The maximum absolute atomic E-state index is 12.6. The average molecular weight is 357 g/mol. The van der Waals surface area contributed by atoms with Gasteiger partial charge in [0, 0.05) is 13.1 Å². The molecule has 1 aromatic heterocycles. The number of hydrogen-bond acceptors (Lipinski definition) is 4. The summed E-state index contributed by atoms with van der Waals surface area (Å²) in [7, 11) is -3.36. The number of hydrogen-bond donors (Lipinski definition) is 1. The molecule has 20 heavy (non-hydrogen) atoms. The third-order valence-corrected chi connectivity index (χ3v) is 7.97. The number of thiophene rings is 1. The number of nitrogens with zero attached hydrogens (tertiary/aromatic N) is 1. The van der Waals surface area contributed by atoms with E-state index in [0.717, 1.165) is 36.4 Å². The molecule has 0 aromatic carbocycles. The van der Waals surface area contributed by atoms with Crippen LogP contribution >= 0.6 is 35.3 Å². The summed E-state index contributed by atoms with van der Waals surface area (Å²) in [5.74, 6) is 1.10. The van der Waals surface area contributed by atoms with Gasteiger partial charge in [-0.2, -0.15) is 4.31 Å². The normalized spacial score (nSPS) is 27.1. The van der Waals surface area contributed by atoms with E-state index in [9.17, 15) is 8.42 Å². The van der Waals surface area contributed by atoms with Crippen LogP contribution in [-0.4, -0.2) is 38.9 Å². The van der Waals surface area contributed by atoms with E-state index in [1.54, 1.807) is 10.4 Å². The number of nitrogens with one attached hydrogen (secondary N) is 1. The summed E-state index contributed by atoms with van der Waals surface area (Å²) in [6.45, 7) is 5.06. The number of aryl methyl sites for hydroxylation is 1. The second kappa shape index (κ2) is 6.10. The molecular weight excluding hydrogens is 339 g/mol. The van der Waals surface area contributed by atoms with Gasteiger partial charge in [0.2, 0.25) is 0 Å². The highest BCUT2D eigenvalue weighted by Crippen LogP contribution is 2.35. The Bertz CT molecular complexity index is 569. The van der Waals surface area contributed by atoms with E-state index < -0.39 is 10.0 Å². The van der Waals surface area contributed by atoms with Crippen LogP contribution in [0.25, 0.3) is 0 Å². The molecule has 2 saturated heterocycles. The predicted molar refractivity (Wildman–Crippen MR) is 84.5 cm³/mol. The molecule has 2 aliphatic heterocycles. The molecule has 2 fully saturated rings. The van der Waals surface area contributed by atoms with Crippen LogP contribution in [-0.2, 0) is 10.0 Å². The maximum Gasteiger partial charge on any atom is 0.252 e. The number of fused-ring (bicyclic) bond motifs is 1. The molecule has 0 spiro atoms. The van der Waals surface area contributed by atoms with Gasteiger partial charge in [0.15, 0.2) is 0 Å². The first-order valence-electron chi connectivity index (χ1n) is 6.45. The van der Waals surface area contributed by atoms with Crippen LogP contribution in [0.5, 0.6) is 0 Å². The lowest BCUT2D eigenvalue weighted by Gasteiger charge is -2.33. The zero-order chi connectivity index (χ0) is 13.6. The van der Waals surface area contributed by atoms with Crippen LogP contribution in [0.3, 0.4) is 0 Å². The first kappa shape index (κ1) is 16.5. The zero-order valence-corrected chi connectivity index (χ0v) is 14.3. The quantitative estimate of drug-likeness (QED) is 0.884. The molecule has 3 heterocycles. The van der Waals surface area contributed by atoms with Gasteiger partial charge in [-0.25, -0.2) is 8.42 Å². The molecule has 0 aliphatic carbocycles. The van der Waals surface area contributed by atoms with Crippen LogP contribution in [0, 0.1) is 18.8 Å². The minimum absolute atomic E-state index is 0. The highest BCUT2D eigenvalue weighted by Gasteiger charge is 2.38. The second-order valence-electron chi connectivity index (χ2n) is 5.35. The Kier molecular flexibility index (Phi) is 5.04. The number of halogens is 2. The van der Waals surface area contributed by atoms with Crippen molar-refractivity contribution < 1.29 is 8.42 Å². The van der Waals surface area contributed by atoms with Crippen molar-refractivity contribution in [2.45, 2.75) is 17.6 Å². The Morgan fingerprint density at radius 2 is 2.10 bits per heavy atom. The van der Waals surface area contributed by atoms with Gasteiger partial charge in [0.1, 0.15) is 4.21 Å². The largest absolute Gasteiger partial charge is 0.316 e. The lowest BCUT2D eigenvalue weighted by Crippen LogP contribution is -2.43. The van der Waals surface area contributed by atoms with Gasteiger partial charge in [0.05, 0.1) is 4.34 Å². The van der Waals surface area contributed by atoms with Crippen LogP contribution < -0.4 is 5.32 Å². The van der Waals surface area contributed by atoms with Crippen molar-refractivity contribution in [3.8, 4) is 0 Å². The van der Waals surface area contributed by atoms with Gasteiger partial charge in [-0.1, -0.05) is 11.6 Å². The van der Waals surface area contributed by atoms with Crippen molar-refractivity contribution in [1.29, 1.82) is 0 Å². The van der Waals surface area contributed by atoms with E-state index in [4.69, 9.17) is 11.6 Å². The summed E-state index contributed by atoms with van der Waals surface area (Å²) in [6.07, 6.45) is 0.953. The molecule has 2 atom stereocenters. The molecular formula is C12H18Cl2N2O2S2. The Hall–Kier alpha value is 0.150. The van der Waals surface area contributed by atoms with Gasteiger partial charge in [-0.15, -0.1) is 23.7 Å². The third-order valence-electron chi connectivity index (χ3n) is 4.10. The topological polar surface area (TPSA) is 49.4 Å². The minimum atomic E-state index is -3.36. The number of sulfonamides is 1. The van der Waals surface area contributed by atoms with Crippen molar-refractivity contribution >= 4 is 45.4 Å². The molecule has 2 aliphatic rings. The first-order valence-corrected chi connectivity index (χ1v) is 9.09. The molecule has 114 valence electrons. The van der Waals surface area contributed by atoms with Crippen molar-refractivity contribution in [2.24, 2.45) is 11.8 Å². The maximum atomic E-state index is 12.6. The molecule has 1 aromatic rings. The summed E-state index contributed by atoms with van der Waals surface area (Å²) in [5, 5.41) is 3.35. The first-order chi connectivity index (χ1) is 8.98. The van der Waals surface area contributed by atoms with Gasteiger partial charge in [0.25, 0.3) is 10.0 Å². The number of rotatable bonds is 2. The monoisotopic (exact) mass is 356 g/mol. The Balaban J connectivity index is 0.00000147. The van der Waals surface area contributed by atoms with E-state index in [-0.39, 0.29) is 12.4 Å². The minimum Gasteiger partial charge on any atom is -0.316 e. The van der Waals surface area contributed by atoms with Crippen molar-refractivity contribution in [2.75, 3.05) is 26.2 Å². The van der Waals surface area contributed by atoms with E-state index in [1.165, 1.54) is 0 Å². The third kappa shape index (κ3) is 2.87. The Labute approximate surface area is 135 Å². The van der Waals surface area contributed by atoms with Crippen LogP contribution in [0.2, 0.25) is 4.34 Å². The van der Waals surface area contributed by atoms with E-state index in [0.29, 0.717) is 33.5 Å². The van der Waals surface area contributed by atoms with Crippen LogP contribution in [0.1, 0.15) is 12.0 Å². The van der Waals surface area contributed by atoms with E-state index >= 15 is 0 Å². The summed E-state index contributed by atoms with van der Waals surface area (Å²) < 4.78 is 27.8. The molecule has 0 radical (unpaired) electrons. The molecule has 1 N–H and O–H groups in total. The van der Waals surface area contributed by atoms with Crippen LogP contribution in [0.15, 0.2) is 10.3 Å². The zero-order valence-electron chi connectivity index (χ0n) is 11.1. The molecule has 3 rings (SSSR count). The fraction of sp³-hybridized carbons (Fsp3) is 0.667. The van der Waals surface area contributed by atoms with Gasteiger partial charge >= 0.3 is 0 Å². The van der Waals surface area contributed by atoms with Crippen LogP contribution in [0.4, 0.5) is 0 Å². The summed E-state index contributed by atoms with van der Waals surface area (Å²) >= 11 is 7.15. The molecule has 8 heteroatoms. The molecule has 4 nitrogen and oxygen atoms in total. The average Bonchev–Trinajstić information content (AvgIpc) is 2.96. The standard InChI is InChI=1S/C12H17ClN2O2S2.ClH/c1-8-4-11(18-12(8)13)19(16,17)15-3-2-9-5-14-6-10(9)7-15;/h4,9-10,14H,2-3,5-7H2,1H3;1H. The summed E-state index contributed by atoms with van der Waals surface area (Å²) in [4.78, 5) is 0.